The van der Waals surface area contributed by atoms with Crippen molar-refractivity contribution in [2.24, 2.45) is 10.9 Å². The van der Waals surface area contributed by atoms with Gasteiger partial charge in [0.25, 0.3) is 0 Å². The van der Waals surface area contributed by atoms with Crippen LogP contribution in [0.5, 0.6) is 0 Å². The Morgan fingerprint density at radius 2 is 1.77 bits per heavy atom. The Hall–Kier alpha value is -2.93. The summed E-state index contributed by atoms with van der Waals surface area (Å²) in [6.07, 6.45) is 35.2. The largest absolute Gasteiger partial charge is 0.294 e. The van der Waals surface area contributed by atoms with E-state index in [1.165, 1.54) is 99.6 Å². The van der Waals surface area contributed by atoms with E-state index < -0.39 is 0 Å². The standard InChI is InChI=1S/C39H47N/c1-2-3-5-12-33(23-24-35-27-28-40-35)36-25-26-37(39-14-9-8-13-38(36)39)34-21-19-32(20-22-34)31-17-15-30(16-18-31)29-10-6-4-7-11-29/h4,6,8-10,12-15,17,21,32H,2-3,5,7,11,16,18-20,22-28H2,1H3/b33-12+. The fraction of sp³-hybridized carbons (Fsp3) is 0.462. The Morgan fingerprint density at radius 1 is 0.900 bits per heavy atom. The zero-order chi connectivity index (χ0) is 27.1. The molecule has 0 radical (unpaired) electrons. The van der Waals surface area contributed by atoms with Gasteiger partial charge >= 0.3 is 0 Å². The highest BCUT2D eigenvalue weighted by molar-refractivity contribution is 5.89. The molecular weight excluding hydrogens is 482 g/mol. The zero-order valence-corrected chi connectivity index (χ0v) is 24.7. The Morgan fingerprint density at radius 3 is 2.48 bits per heavy atom. The van der Waals surface area contributed by atoms with Crippen LogP contribution in [0.15, 0.2) is 99.7 Å². The molecule has 5 aliphatic rings. The van der Waals surface area contributed by atoms with Crippen molar-refractivity contribution in [3.63, 3.8) is 0 Å². The summed E-state index contributed by atoms with van der Waals surface area (Å²) in [6.45, 7) is 3.35. The smallest absolute Gasteiger partial charge is 0.0440 e. The van der Waals surface area contributed by atoms with E-state index in [2.05, 4.69) is 78.7 Å². The van der Waals surface area contributed by atoms with Crippen LogP contribution < -0.4 is 10.4 Å². The van der Waals surface area contributed by atoms with Crippen LogP contribution >= 0.6 is 0 Å². The second-order valence-electron chi connectivity index (χ2n) is 12.4. The SMILES string of the molecule is CCCC/C=C(\CCC1=NCC1)C1=c2ccccc2=C(C2=CCC(C3=CC=C(C4=CC=CCC4)CC3)CC2)CC1. The van der Waals surface area contributed by atoms with Gasteiger partial charge < -0.3 is 0 Å². The number of unbranched alkanes of at least 4 members (excludes halogenated alkanes) is 2. The van der Waals surface area contributed by atoms with Gasteiger partial charge in [0.2, 0.25) is 0 Å². The van der Waals surface area contributed by atoms with Gasteiger partial charge in [0.15, 0.2) is 0 Å². The number of rotatable bonds is 10. The Kier molecular flexibility index (Phi) is 8.96. The van der Waals surface area contributed by atoms with Crippen molar-refractivity contribution in [3.8, 4) is 0 Å². The van der Waals surface area contributed by atoms with E-state index in [1.54, 1.807) is 39.0 Å². The van der Waals surface area contributed by atoms with E-state index in [4.69, 9.17) is 0 Å². The lowest BCUT2D eigenvalue weighted by Crippen LogP contribution is -2.33. The average Bonchev–Trinajstić information content (AvgIpc) is 3.00. The number of aliphatic imine (C=N–C) groups is 1. The van der Waals surface area contributed by atoms with Crippen LogP contribution in [0.4, 0.5) is 0 Å². The average molecular weight is 530 g/mol. The molecule has 1 heteroatoms. The molecule has 0 amide bonds. The maximum atomic E-state index is 4.62. The van der Waals surface area contributed by atoms with Gasteiger partial charge in [-0.25, -0.2) is 0 Å². The van der Waals surface area contributed by atoms with Crippen LogP contribution in [-0.2, 0) is 0 Å². The Bertz CT molecular complexity index is 1450. The van der Waals surface area contributed by atoms with Gasteiger partial charge in [0.1, 0.15) is 0 Å². The van der Waals surface area contributed by atoms with Crippen molar-refractivity contribution in [1.82, 2.24) is 0 Å². The van der Waals surface area contributed by atoms with Crippen LogP contribution in [0.2, 0.25) is 0 Å². The van der Waals surface area contributed by atoms with Crippen LogP contribution in [0.3, 0.4) is 0 Å². The molecule has 1 aliphatic heterocycles. The molecule has 40 heavy (non-hydrogen) atoms. The summed E-state index contributed by atoms with van der Waals surface area (Å²) in [5.74, 6) is 0.728. The van der Waals surface area contributed by atoms with Crippen molar-refractivity contribution < 1.29 is 0 Å². The predicted octanol–water partition coefficient (Wildman–Crippen LogP) is 9.17. The lowest BCUT2D eigenvalue weighted by Gasteiger charge is -2.29. The molecule has 0 aromatic heterocycles. The fourth-order valence-corrected chi connectivity index (χ4v) is 7.38. The number of nitrogens with zero attached hydrogens (tertiary/aromatic N) is 1. The highest BCUT2D eigenvalue weighted by atomic mass is 14.8. The molecule has 0 saturated heterocycles. The number of hydrogen-bond acceptors (Lipinski definition) is 1. The lowest BCUT2D eigenvalue weighted by atomic mass is 9.76. The van der Waals surface area contributed by atoms with Crippen LogP contribution in [0.25, 0.3) is 11.1 Å². The third-order valence-corrected chi connectivity index (χ3v) is 9.89. The highest BCUT2D eigenvalue weighted by Gasteiger charge is 2.24. The van der Waals surface area contributed by atoms with E-state index in [1.807, 2.05) is 0 Å². The molecule has 1 nitrogen and oxygen atoms in total. The normalized spacial score (nSPS) is 23.0. The number of allylic oxidation sites excluding steroid dienone is 12. The Labute approximate surface area is 242 Å². The molecule has 4 aliphatic carbocycles. The third-order valence-electron chi connectivity index (χ3n) is 9.89. The van der Waals surface area contributed by atoms with Crippen molar-refractivity contribution in [1.29, 1.82) is 0 Å². The molecule has 1 aromatic rings. The number of benzene rings is 1. The van der Waals surface area contributed by atoms with Gasteiger partial charge in [-0.2, -0.15) is 0 Å². The molecule has 6 rings (SSSR count). The van der Waals surface area contributed by atoms with Crippen molar-refractivity contribution in [2.75, 3.05) is 6.54 Å². The van der Waals surface area contributed by atoms with Gasteiger partial charge in [0.05, 0.1) is 0 Å². The Balaban J connectivity index is 1.24. The van der Waals surface area contributed by atoms with Crippen LogP contribution in [0, 0.1) is 5.92 Å². The summed E-state index contributed by atoms with van der Waals surface area (Å²) in [4.78, 5) is 4.62. The third kappa shape index (κ3) is 6.19. The molecule has 0 spiro atoms. The summed E-state index contributed by atoms with van der Waals surface area (Å²) < 4.78 is 0. The van der Waals surface area contributed by atoms with E-state index in [0.717, 1.165) is 25.3 Å². The quantitative estimate of drug-likeness (QED) is 0.268. The maximum Gasteiger partial charge on any atom is 0.0440 e. The van der Waals surface area contributed by atoms with E-state index in [-0.39, 0.29) is 0 Å². The summed E-state index contributed by atoms with van der Waals surface area (Å²) in [7, 11) is 0. The van der Waals surface area contributed by atoms with Crippen molar-refractivity contribution in [3.05, 3.63) is 105 Å². The second-order valence-corrected chi connectivity index (χ2v) is 12.4. The molecule has 0 bridgehead atoms. The summed E-state index contributed by atoms with van der Waals surface area (Å²) in [6, 6.07) is 9.32. The first-order valence-electron chi connectivity index (χ1n) is 16.3. The molecule has 0 saturated carbocycles. The minimum Gasteiger partial charge on any atom is -0.294 e. The van der Waals surface area contributed by atoms with Gasteiger partial charge in [0, 0.05) is 18.7 Å². The number of hydrogen-bond donors (Lipinski definition) is 0. The fourth-order valence-electron chi connectivity index (χ4n) is 7.38. The first-order chi connectivity index (χ1) is 19.8. The van der Waals surface area contributed by atoms with E-state index in [9.17, 15) is 0 Å². The van der Waals surface area contributed by atoms with Gasteiger partial charge in [-0.1, -0.05) is 92.1 Å². The maximum absolute atomic E-state index is 4.62. The summed E-state index contributed by atoms with van der Waals surface area (Å²) >= 11 is 0. The number of fused-ring (bicyclic) bond motifs is 1. The molecule has 1 atom stereocenters. The molecule has 1 aromatic carbocycles. The van der Waals surface area contributed by atoms with Gasteiger partial charge in [-0.3, -0.25) is 4.99 Å². The van der Waals surface area contributed by atoms with E-state index in [0.29, 0.717) is 0 Å². The highest BCUT2D eigenvalue weighted by Crippen LogP contribution is 2.39. The van der Waals surface area contributed by atoms with Gasteiger partial charge in [-0.05, 0) is 127 Å². The first kappa shape index (κ1) is 27.3. The molecule has 1 heterocycles. The molecule has 0 N–H and O–H groups in total. The minimum absolute atomic E-state index is 0.728. The monoisotopic (exact) mass is 529 g/mol. The topological polar surface area (TPSA) is 12.4 Å². The second kappa shape index (κ2) is 13.2. The first-order valence-corrected chi connectivity index (χ1v) is 16.3. The summed E-state index contributed by atoms with van der Waals surface area (Å²) in [5.41, 5.74) is 12.7. The van der Waals surface area contributed by atoms with Crippen molar-refractivity contribution >= 4 is 16.9 Å². The minimum atomic E-state index is 0.728. The summed E-state index contributed by atoms with van der Waals surface area (Å²) in [5, 5.41) is 3.01. The molecule has 0 fully saturated rings. The lowest BCUT2D eigenvalue weighted by molar-refractivity contribution is 0.523. The van der Waals surface area contributed by atoms with Crippen LogP contribution in [-0.4, -0.2) is 12.3 Å². The molecule has 208 valence electrons. The van der Waals surface area contributed by atoms with Crippen molar-refractivity contribution in [2.45, 2.75) is 103 Å². The van der Waals surface area contributed by atoms with E-state index >= 15 is 0 Å². The molecular formula is C39H47N. The predicted molar refractivity (Wildman–Crippen MR) is 173 cm³/mol. The van der Waals surface area contributed by atoms with Gasteiger partial charge in [-0.15, -0.1) is 0 Å². The zero-order valence-electron chi connectivity index (χ0n) is 24.7. The molecule has 1 unspecified atom stereocenters. The van der Waals surface area contributed by atoms with Crippen LogP contribution in [0.1, 0.15) is 103 Å².